The van der Waals surface area contributed by atoms with Gasteiger partial charge < -0.3 is 21.5 Å². The van der Waals surface area contributed by atoms with Crippen molar-refractivity contribution in [3.63, 3.8) is 0 Å². The minimum Gasteiger partial charge on any atom is -0.480 e. The van der Waals surface area contributed by atoms with Gasteiger partial charge in [0.05, 0.1) is 0 Å². The summed E-state index contributed by atoms with van der Waals surface area (Å²) < 4.78 is 0.841. The van der Waals surface area contributed by atoms with E-state index in [1.807, 2.05) is 24.3 Å². The summed E-state index contributed by atoms with van der Waals surface area (Å²) in [6, 6.07) is 5.55. The largest absolute Gasteiger partial charge is 0.480 e. The van der Waals surface area contributed by atoms with Gasteiger partial charge in [-0.2, -0.15) is 0 Å². The molecule has 21 heavy (non-hydrogen) atoms. The molecule has 0 saturated carbocycles. The number of halogens is 1. The number of nitrogens with two attached hydrogens (primary N) is 1. The van der Waals surface area contributed by atoms with E-state index in [-0.39, 0.29) is 19.4 Å². The molecular formula is C13H16BrN3O4. The zero-order chi connectivity index (χ0) is 15.8. The fraction of sp³-hybridized carbons (Fsp3) is 0.308. The van der Waals surface area contributed by atoms with Gasteiger partial charge in [-0.15, -0.1) is 0 Å². The zero-order valence-electron chi connectivity index (χ0n) is 11.1. The van der Waals surface area contributed by atoms with Crippen LogP contribution in [0.1, 0.15) is 18.4 Å². The van der Waals surface area contributed by atoms with E-state index in [0.29, 0.717) is 0 Å². The Bertz CT molecular complexity index is 536. The van der Waals surface area contributed by atoms with Crippen LogP contribution in [0, 0.1) is 0 Å². The molecule has 0 aliphatic heterocycles. The van der Waals surface area contributed by atoms with E-state index in [1.54, 1.807) is 0 Å². The Kier molecular flexibility index (Phi) is 6.67. The van der Waals surface area contributed by atoms with E-state index in [2.05, 4.69) is 26.6 Å². The van der Waals surface area contributed by atoms with Crippen molar-refractivity contribution in [2.24, 2.45) is 5.73 Å². The summed E-state index contributed by atoms with van der Waals surface area (Å²) in [6.45, 7) is 0.245. The highest BCUT2D eigenvalue weighted by Crippen LogP contribution is 2.15. The average Bonchev–Trinajstić information content (AvgIpc) is 2.42. The minimum absolute atomic E-state index is 0.0485. The SMILES string of the molecule is NC(=O)CC[C@H](NC(=O)NCc1ccccc1Br)C(=O)O. The summed E-state index contributed by atoms with van der Waals surface area (Å²) >= 11 is 3.34. The maximum atomic E-state index is 11.7. The molecule has 0 radical (unpaired) electrons. The average molecular weight is 358 g/mol. The smallest absolute Gasteiger partial charge is 0.326 e. The maximum absolute atomic E-state index is 11.7. The monoisotopic (exact) mass is 357 g/mol. The molecule has 0 aromatic heterocycles. The Balaban J connectivity index is 2.49. The number of hydrogen-bond acceptors (Lipinski definition) is 3. The molecule has 114 valence electrons. The second-order valence-electron chi connectivity index (χ2n) is 4.31. The Labute approximate surface area is 130 Å². The van der Waals surface area contributed by atoms with E-state index in [0.717, 1.165) is 10.0 Å². The molecule has 3 amide bonds. The van der Waals surface area contributed by atoms with Gasteiger partial charge in [0.25, 0.3) is 0 Å². The second-order valence-corrected chi connectivity index (χ2v) is 5.17. The number of carbonyl (C=O) groups is 3. The standard InChI is InChI=1S/C13H16BrN3O4/c14-9-4-2-1-3-8(9)7-16-13(21)17-10(12(19)20)5-6-11(15)18/h1-4,10H,5-7H2,(H2,15,18)(H,19,20)(H2,16,17,21)/t10-/m0/s1. The lowest BCUT2D eigenvalue weighted by atomic mass is 10.1. The molecule has 1 aromatic carbocycles. The summed E-state index contributed by atoms with van der Waals surface area (Å²) in [5.41, 5.74) is 5.82. The molecule has 1 atom stereocenters. The molecule has 0 spiro atoms. The molecule has 0 bridgehead atoms. The molecule has 0 fully saturated rings. The molecule has 0 aliphatic rings. The van der Waals surface area contributed by atoms with Crippen LogP contribution >= 0.6 is 15.9 Å². The normalized spacial score (nSPS) is 11.5. The molecule has 0 heterocycles. The summed E-state index contributed by atoms with van der Waals surface area (Å²) in [4.78, 5) is 33.3. The number of hydrogen-bond donors (Lipinski definition) is 4. The predicted molar refractivity (Wildman–Crippen MR) is 79.4 cm³/mol. The lowest BCUT2D eigenvalue weighted by molar-refractivity contribution is -0.139. The minimum atomic E-state index is -1.22. The van der Waals surface area contributed by atoms with E-state index in [4.69, 9.17) is 10.8 Å². The van der Waals surface area contributed by atoms with Crippen LogP contribution in [-0.4, -0.2) is 29.1 Å². The predicted octanol–water partition coefficient (Wildman–Crippen LogP) is 0.967. The molecule has 7 nitrogen and oxygen atoms in total. The van der Waals surface area contributed by atoms with Crippen LogP contribution < -0.4 is 16.4 Å². The third kappa shape index (κ3) is 6.26. The third-order valence-electron chi connectivity index (χ3n) is 2.68. The maximum Gasteiger partial charge on any atom is 0.326 e. The zero-order valence-corrected chi connectivity index (χ0v) is 12.7. The van der Waals surface area contributed by atoms with Gasteiger partial charge in [-0.05, 0) is 18.1 Å². The number of urea groups is 1. The third-order valence-corrected chi connectivity index (χ3v) is 3.45. The second kappa shape index (κ2) is 8.25. The van der Waals surface area contributed by atoms with Crippen molar-refractivity contribution in [1.82, 2.24) is 10.6 Å². The van der Waals surface area contributed by atoms with Crippen molar-refractivity contribution in [2.45, 2.75) is 25.4 Å². The summed E-state index contributed by atoms with van der Waals surface area (Å²) in [7, 11) is 0. The first kappa shape index (κ1) is 17.0. The van der Waals surface area contributed by atoms with Gasteiger partial charge in [0.1, 0.15) is 6.04 Å². The Morgan fingerprint density at radius 2 is 1.95 bits per heavy atom. The number of benzene rings is 1. The van der Waals surface area contributed by atoms with Crippen LogP contribution in [0.4, 0.5) is 4.79 Å². The van der Waals surface area contributed by atoms with Crippen LogP contribution in [0.25, 0.3) is 0 Å². The van der Waals surface area contributed by atoms with E-state index in [9.17, 15) is 14.4 Å². The van der Waals surface area contributed by atoms with E-state index in [1.165, 1.54) is 0 Å². The van der Waals surface area contributed by atoms with E-state index >= 15 is 0 Å². The van der Waals surface area contributed by atoms with Gasteiger partial charge in [-0.1, -0.05) is 34.1 Å². The first-order valence-corrected chi connectivity index (χ1v) is 6.98. The van der Waals surface area contributed by atoms with Crippen LogP contribution in [0.5, 0.6) is 0 Å². The Morgan fingerprint density at radius 3 is 2.52 bits per heavy atom. The molecule has 5 N–H and O–H groups in total. The van der Waals surface area contributed by atoms with Crippen molar-refractivity contribution in [3.8, 4) is 0 Å². The van der Waals surface area contributed by atoms with Crippen molar-refractivity contribution in [1.29, 1.82) is 0 Å². The first-order chi connectivity index (χ1) is 9.90. The topological polar surface area (TPSA) is 122 Å². The fourth-order valence-corrected chi connectivity index (χ4v) is 2.00. The number of carbonyl (C=O) groups excluding carboxylic acids is 2. The van der Waals surface area contributed by atoms with Crippen molar-refractivity contribution in [2.75, 3.05) is 0 Å². The molecule has 0 unspecified atom stereocenters. The lowest BCUT2D eigenvalue weighted by Gasteiger charge is -2.14. The van der Waals surface area contributed by atoms with Gasteiger partial charge in [0.2, 0.25) is 5.91 Å². The lowest BCUT2D eigenvalue weighted by Crippen LogP contribution is -2.46. The number of carboxylic acid groups (broad SMARTS) is 1. The summed E-state index contributed by atoms with van der Waals surface area (Å²) in [6.07, 6.45) is -0.158. The Hall–Kier alpha value is -2.09. The quantitative estimate of drug-likeness (QED) is 0.580. The van der Waals surface area contributed by atoms with Crippen LogP contribution in [0.15, 0.2) is 28.7 Å². The molecule has 0 saturated heterocycles. The highest BCUT2D eigenvalue weighted by atomic mass is 79.9. The van der Waals surface area contributed by atoms with Gasteiger partial charge in [-0.3, -0.25) is 4.79 Å². The highest BCUT2D eigenvalue weighted by molar-refractivity contribution is 9.10. The number of aliphatic carboxylic acids is 1. The van der Waals surface area contributed by atoms with Gasteiger partial charge in [0.15, 0.2) is 0 Å². The van der Waals surface area contributed by atoms with Crippen LogP contribution in [0.2, 0.25) is 0 Å². The fourth-order valence-electron chi connectivity index (χ4n) is 1.57. The van der Waals surface area contributed by atoms with Crippen molar-refractivity contribution in [3.05, 3.63) is 34.3 Å². The molecule has 1 aromatic rings. The summed E-state index contributed by atoms with van der Waals surface area (Å²) in [5.74, 6) is -1.83. The molecule has 0 aliphatic carbocycles. The number of carboxylic acids is 1. The van der Waals surface area contributed by atoms with Crippen LogP contribution in [0.3, 0.4) is 0 Å². The molecule has 8 heteroatoms. The number of primary amides is 1. The Morgan fingerprint density at radius 1 is 1.29 bits per heavy atom. The van der Waals surface area contributed by atoms with E-state index < -0.39 is 23.9 Å². The number of rotatable bonds is 7. The van der Waals surface area contributed by atoms with Gasteiger partial charge >= 0.3 is 12.0 Å². The first-order valence-electron chi connectivity index (χ1n) is 6.19. The van der Waals surface area contributed by atoms with Crippen molar-refractivity contribution < 1.29 is 19.5 Å². The van der Waals surface area contributed by atoms with Gasteiger partial charge in [0, 0.05) is 17.4 Å². The van der Waals surface area contributed by atoms with Crippen molar-refractivity contribution >= 4 is 33.8 Å². The van der Waals surface area contributed by atoms with Gasteiger partial charge in [-0.25, -0.2) is 9.59 Å². The summed E-state index contributed by atoms with van der Waals surface area (Å²) in [5, 5.41) is 13.8. The number of amides is 3. The van der Waals surface area contributed by atoms with Crippen LogP contribution in [-0.2, 0) is 16.1 Å². The highest BCUT2D eigenvalue weighted by Gasteiger charge is 2.20. The molecule has 1 rings (SSSR count). The molecular weight excluding hydrogens is 342 g/mol. The number of nitrogens with one attached hydrogen (secondary N) is 2.